The number of rotatable bonds is 3. The lowest BCUT2D eigenvalue weighted by Crippen LogP contribution is -2.37. The van der Waals surface area contributed by atoms with Crippen molar-refractivity contribution in [1.29, 1.82) is 0 Å². The summed E-state index contributed by atoms with van der Waals surface area (Å²) in [5.41, 5.74) is 3.44. The van der Waals surface area contributed by atoms with Crippen molar-refractivity contribution in [3.63, 3.8) is 0 Å². The molecule has 0 bridgehead atoms. The van der Waals surface area contributed by atoms with Crippen LogP contribution in [0, 0.1) is 5.41 Å². The highest BCUT2D eigenvalue weighted by Gasteiger charge is 2.34. The Morgan fingerprint density at radius 2 is 1.89 bits per heavy atom. The molecule has 0 fully saturated rings. The van der Waals surface area contributed by atoms with Gasteiger partial charge in [-0.2, -0.15) is 0 Å². The normalized spacial score (nSPS) is 17.8. The van der Waals surface area contributed by atoms with Gasteiger partial charge in [0.1, 0.15) is 0 Å². The van der Waals surface area contributed by atoms with Gasteiger partial charge in [0.15, 0.2) is 5.82 Å². The van der Waals surface area contributed by atoms with E-state index in [2.05, 4.69) is 34.1 Å². The second-order valence-corrected chi connectivity index (χ2v) is 7.65. The highest BCUT2D eigenvalue weighted by atomic mass is 16.1. The molecule has 6 heteroatoms. The van der Waals surface area contributed by atoms with Gasteiger partial charge >= 0.3 is 0 Å². The maximum atomic E-state index is 12.6. The van der Waals surface area contributed by atoms with E-state index < -0.39 is 0 Å². The number of nitrogens with zero attached hydrogens (tertiary/aromatic N) is 4. The van der Waals surface area contributed by atoms with Gasteiger partial charge < -0.3 is 5.32 Å². The molecule has 0 aliphatic heterocycles. The van der Waals surface area contributed by atoms with Crippen LogP contribution in [0.4, 0.5) is 0 Å². The average Bonchev–Trinajstić information content (AvgIpc) is 2.68. The molecule has 0 aromatic carbocycles. The lowest BCUT2D eigenvalue weighted by atomic mass is 9.74. The van der Waals surface area contributed by atoms with Gasteiger partial charge in [0.05, 0.1) is 17.3 Å². The van der Waals surface area contributed by atoms with Crippen molar-refractivity contribution in [2.24, 2.45) is 5.41 Å². The maximum Gasteiger partial charge on any atom is 0.253 e. The highest BCUT2D eigenvalue weighted by molar-refractivity contribution is 5.94. The number of amides is 1. The molecule has 1 aliphatic carbocycles. The van der Waals surface area contributed by atoms with Gasteiger partial charge in [0.2, 0.25) is 0 Å². The summed E-state index contributed by atoms with van der Waals surface area (Å²) in [5.74, 6) is 0.532. The van der Waals surface area contributed by atoms with Crippen molar-refractivity contribution >= 4 is 5.91 Å². The fourth-order valence-electron chi connectivity index (χ4n) is 3.55. The molecule has 136 valence electrons. The van der Waals surface area contributed by atoms with Gasteiger partial charge in [-0.3, -0.25) is 14.8 Å². The van der Waals surface area contributed by atoms with Gasteiger partial charge in [-0.25, -0.2) is 9.97 Å². The molecular weight excluding hydrogens is 338 g/mol. The Labute approximate surface area is 158 Å². The third-order valence-corrected chi connectivity index (χ3v) is 4.83. The van der Waals surface area contributed by atoms with Crippen molar-refractivity contribution < 1.29 is 4.79 Å². The molecule has 27 heavy (non-hydrogen) atoms. The third-order valence-electron chi connectivity index (χ3n) is 4.83. The Balaban J connectivity index is 1.66. The number of carbonyl (C=O) groups is 1. The van der Waals surface area contributed by atoms with Crippen LogP contribution in [0.25, 0.3) is 11.4 Å². The Bertz CT molecular complexity index is 957. The van der Waals surface area contributed by atoms with E-state index in [1.807, 2.05) is 18.3 Å². The van der Waals surface area contributed by atoms with Crippen molar-refractivity contribution in [1.82, 2.24) is 25.3 Å². The predicted molar refractivity (Wildman–Crippen MR) is 102 cm³/mol. The van der Waals surface area contributed by atoms with Crippen LogP contribution < -0.4 is 5.32 Å². The average molecular weight is 359 g/mol. The number of hydrogen-bond donors (Lipinski definition) is 1. The van der Waals surface area contributed by atoms with E-state index in [0.29, 0.717) is 11.4 Å². The van der Waals surface area contributed by atoms with Crippen LogP contribution in [-0.2, 0) is 6.42 Å². The first kappa shape index (κ1) is 17.3. The Hall–Kier alpha value is -3.15. The van der Waals surface area contributed by atoms with Gasteiger partial charge in [-0.1, -0.05) is 13.8 Å². The smallest absolute Gasteiger partial charge is 0.253 e. The Morgan fingerprint density at radius 3 is 2.59 bits per heavy atom. The number of aromatic nitrogens is 4. The van der Waals surface area contributed by atoms with Crippen LogP contribution >= 0.6 is 0 Å². The number of fused-ring (bicyclic) bond motifs is 1. The second kappa shape index (κ2) is 6.87. The first-order chi connectivity index (χ1) is 13.0. The van der Waals surface area contributed by atoms with Gasteiger partial charge in [0, 0.05) is 42.1 Å². The van der Waals surface area contributed by atoms with Crippen molar-refractivity contribution in [3.8, 4) is 11.4 Å². The van der Waals surface area contributed by atoms with Crippen LogP contribution in [0.5, 0.6) is 0 Å². The molecule has 3 heterocycles. The summed E-state index contributed by atoms with van der Waals surface area (Å²) in [5, 5.41) is 3.13. The lowest BCUT2D eigenvalue weighted by molar-refractivity contribution is 0.0918. The molecule has 6 nitrogen and oxygen atoms in total. The molecule has 3 aromatic heterocycles. The maximum absolute atomic E-state index is 12.6. The zero-order chi connectivity index (χ0) is 18.9. The molecular formula is C21H21N5O. The van der Waals surface area contributed by atoms with E-state index in [-0.39, 0.29) is 17.4 Å². The summed E-state index contributed by atoms with van der Waals surface area (Å²) >= 11 is 0. The summed E-state index contributed by atoms with van der Waals surface area (Å²) in [4.78, 5) is 30.1. The van der Waals surface area contributed by atoms with Gasteiger partial charge in [-0.05, 0) is 42.5 Å². The molecule has 0 saturated carbocycles. The largest absolute Gasteiger partial charge is 0.345 e. The summed E-state index contributed by atoms with van der Waals surface area (Å²) in [6, 6.07) is 7.22. The predicted octanol–water partition coefficient (Wildman–Crippen LogP) is 3.38. The van der Waals surface area contributed by atoms with Crippen molar-refractivity contribution in [2.75, 3.05) is 0 Å². The van der Waals surface area contributed by atoms with Crippen LogP contribution in [0.1, 0.15) is 47.9 Å². The van der Waals surface area contributed by atoms with Crippen molar-refractivity contribution in [3.05, 3.63) is 72.1 Å². The summed E-state index contributed by atoms with van der Waals surface area (Å²) in [6.07, 6.45) is 10.2. The number of nitrogens with one attached hydrogen (secondary N) is 1. The van der Waals surface area contributed by atoms with E-state index in [1.54, 1.807) is 36.9 Å². The van der Waals surface area contributed by atoms with E-state index in [4.69, 9.17) is 4.98 Å². The summed E-state index contributed by atoms with van der Waals surface area (Å²) < 4.78 is 0. The molecule has 3 aromatic rings. The quantitative estimate of drug-likeness (QED) is 0.775. The molecule has 0 unspecified atom stereocenters. The fraction of sp³-hybridized carbons (Fsp3) is 0.286. The molecule has 0 spiro atoms. The minimum Gasteiger partial charge on any atom is -0.345 e. The molecule has 4 rings (SSSR count). The van der Waals surface area contributed by atoms with Crippen LogP contribution in [-0.4, -0.2) is 25.8 Å². The zero-order valence-electron chi connectivity index (χ0n) is 15.4. The topological polar surface area (TPSA) is 80.7 Å². The summed E-state index contributed by atoms with van der Waals surface area (Å²) in [7, 11) is 0. The fourth-order valence-corrected chi connectivity index (χ4v) is 3.55. The monoisotopic (exact) mass is 359 g/mol. The second-order valence-electron chi connectivity index (χ2n) is 7.65. The Morgan fingerprint density at radius 1 is 1.11 bits per heavy atom. The molecule has 1 N–H and O–H groups in total. The number of carbonyl (C=O) groups excluding carboxylic acids is 1. The number of hydrogen-bond acceptors (Lipinski definition) is 5. The van der Waals surface area contributed by atoms with Gasteiger partial charge in [0.25, 0.3) is 5.91 Å². The van der Waals surface area contributed by atoms with Crippen LogP contribution in [0.15, 0.2) is 55.2 Å². The Kier molecular flexibility index (Phi) is 4.39. The molecule has 0 saturated heterocycles. The van der Waals surface area contributed by atoms with Crippen LogP contribution in [0.2, 0.25) is 0 Å². The standard InChI is InChI=1S/C21H21N5O/c1-21(2)9-17-16(13-24-19(25-17)14-5-3-7-22-11-14)18(10-21)26-20(27)15-6-4-8-23-12-15/h3-8,11-13,18H,9-10H2,1-2H3,(H,26,27)/t18-/m1/s1. The van der Waals surface area contributed by atoms with E-state index in [0.717, 1.165) is 29.7 Å². The summed E-state index contributed by atoms with van der Waals surface area (Å²) in [6.45, 7) is 4.40. The van der Waals surface area contributed by atoms with Crippen LogP contribution in [0.3, 0.4) is 0 Å². The first-order valence-corrected chi connectivity index (χ1v) is 8.99. The van der Waals surface area contributed by atoms with Crippen molar-refractivity contribution in [2.45, 2.75) is 32.7 Å². The highest BCUT2D eigenvalue weighted by Crippen LogP contribution is 2.40. The van der Waals surface area contributed by atoms with E-state index >= 15 is 0 Å². The molecule has 0 radical (unpaired) electrons. The molecule has 1 aliphatic rings. The third kappa shape index (κ3) is 3.69. The minimum atomic E-state index is -0.131. The minimum absolute atomic E-state index is 0.0282. The first-order valence-electron chi connectivity index (χ1n) is 8.99. The van der Waals surface area contributed by atoms with Gasteiger partial charge in [-0.15, -0.1) is 0 Å². The van der Waals surface area contributed by atoms with E-state index in [1.165, 1.54) is 0 Å². The zero-order valence-corrected chi connectivity index (χ0v) is 15.4. The molecule has 1 amide bonds. The lowest BCUT2D eigenvalue weighted by Gasteiger charge is -2.36. The SMILES string of the molecule is CC1(C)Cc2nc(-c3cccnc3)ncc2[C@H](NC(=O)c2cccnc2)C1. The number of pyridine rings is 2. The van der Waals surface area contributed by atoms with E-state index in [9.17, 15) is 4.79 Å². The molecule has 1 atom stereocenters.